The van der Waals surface area contributed by atoms with E-state index in [2.05, 4.69) is 5.32 Å². The number of carbonyl (C=O) groups excluding carboxylic acids is 1. The summed E-state index contributed by atoms with van der Waals surface area (Å²) in [5.74, 6) is 1.82. The van der Waals surface area contributed by atoms with Gasteiger partial charge in [-0.25, -0.2) is 0 Å². The molecule has 0 fully saturated rings. The number of anilines is 1. The lowest BCUT2D eigenvalue weighted by molar-refractivity contribution is 0.102. The quantitative estimate of drug-likeness (QED) is 0.831. The third kappa shape index (κ3) is 3.96. The van der Waals surface area contributed by atoms with Crippen molar-refractivity contribution < 1.29 is 23.7 Å². The van der Waals surface area contributed by atoms with Crippen LogP contribution in [0.3, 0.4) is 0 Å². The van der Waals surface area contributed by atoms with Crippen molar-refractivity contribution in [3.8, 4) is 23.0 Å². The summed E-state index contributed by atoms with van der Waals surface area (Å²) in [6.45, 7) is 2.03. The zero-order valence-corrected chi connectivity index (χ0v) is 15.1. The monoisotopic (exact) mass is 345 g/mol. The Balaban J connectivity index is 2.32. The van der Waals surface area contributed by atoms with E-state index < -0.39 is 0 Å². The highest BCUT2D eigenvalue weighted by atomic mass is 16.5. The molecule has 2 aromatic carbocycles. The second-order valence-electron chi connectivity index (χ2n) is 5.25. The number of nitrogens with one attached hydrogen (secondary N) is 1. The van der Waals surface area contributed by atoms with Crippen molar-refractivity contribution in [2.45, 2.75) is 13.3 Å². The topological polar surface area (TPSA) is 66.0 Å². The number of aryl methyl sites for hydroxylation is 1. The summed E-state index contributed by atoms with van der Waals surface area (Å²) in [5.41, 5.74) is 2.12. The Morgan fingerprint density at radius 1 is 0.880 bits per heavy atom. The van der Waals surface area contributed by atoms with Crippen LogP contribution in [0.5, 0.6) is 23.0 Å². The Bertz CT molecular complexity index is 732. The Morgan fingerprint density at radius 2 is 1.48 bits per heavy atom. The number of amides is 1. The minimum absolute atomic E-state index is 0.272. The van der Waals surface area contributed by atoms with Crippen LogP contribution in [-0.2, 0) is 6.42 Å². The molecule has 1 amide bonds. The maximum absolute atomic E-state index is 12.6. The van der Waals surface area contributed by atoms with Crippen molar-refractivity contribution >= 4 is 11.6 Å². The van der Waals surface area contributed by atoms with Crippen LogP contribution < -0.4 is 24.3 Å². The first-order valence-corrected chi connectivity index (χ1v) is 7.86. The van der Waals surface area contributed by atoms with Crippen LogP contribution in [0.15, 0.2) is 30.3 Å². The van der Waals surface area contributed by atoms with Crippen molar-refractivity contribution in [2.75, 3.05) is 33.8 Å². The molecule has 0 spiro atoms. The number of ether oxygens (including phenoxy) is 4. The molecule has 134 valence electrons. The predicted molar refractivity (Wildman–Crippen MR) is 96.4 cm³/mol. The van der Waals surface area contributed by atoms with Gasteiger partial charge in [0.2, 0.25) is 5.75 Å². The minimum atomic E-state index is -0.272. The van der Waals surface area contributed by atoms with E-state index in [4.69, 9.17) is 18.9 Å². The molecule has 0 aromatic heterocycles. The van der Waals surface area contributed by atoms with E-state index >= 15 is 0 Å². The Kier molecular flexibility index (Phi) is 6.11. The third-order valence-corrected chi connectivity index (χ3v) is 3.85. The molecule has 0 unspecified atom stereocenters. The molecule has 6 nitrogen and oxygen atoms in total. The van der Waals surface area contributed by atoms with Crippen molar-refractivity contribution in [2.24, 2.45) is 0 Å². The summed E-state index contributed by atoms with van der Waals surface area (Å²) >= 11 is 0. The average Bonchev–Trinajstić information content (AvgIpc) is 2.66. The van der Waals surface area contributed by atoms with Crippen LogP contribution >= 0.6 is 0 Å². The molecular formula is C19H23NO5. The lowest BCUT2D eigenvalue weighted by atomic mass is 10.1. The summed E-state index contributed by atoms with van der Waals surface area (Å²) in [6, 6.07) is 8.76. The molecule has 2 rings (SSSR count). The second-order valence-corrected chi connectivity index (χ2v) is 5.25. The van der Waals surface area contributed by atoms with Crippen LogP contribution in [0.1, 0.15) is 22.8 Å². The molecule has 1 N–H and O–H groups in total. The van der Waals surface area contributed by atoms with Gasteiger partial charge in [-0.15, -0.1) is 0 Å². The van der Waals surface area contributed by atoms with E-state index in [1.807, 2.05) is 19.1 Å². The molecular weight excluding hydrogens is 322 g/mol. The highest BCUT2D eigenvalue weighted by Gasteiger charge is 2.17. The first kappa shape index (κ1) is 18.4. The molecule has 0 atom stereocenters. The number of rotatable bonds is 7. The maximum atomic E-state index is 12.6. The predicted octanol–water partition coefficient (Wildman–Crippen LogP) is 3.54. The van der Waals surface area contributed by atoms with E-state index in [9.17, 15) is 4.79 Å². The molecule has 0 aliphatic rings. The van der Waals surface area contributed by atoms with Gasteiger partial charge in [0.05, 0.1) is 28.4 Å². The van der Waals surface area contributed by atoms with Crippen molar-refractivity contribution in [1.82, 2.24) is 0 Å². The Morgan fingerprint density at radius 3 is 1.96 bits per heavy atom. The van der Waals surface area contributed by atoms with Gasteiger partial charge in [-0.05, 0) is 42.3 Å². The van der Waals surface area contributed by atoms with Crippen LogP contribution in [0.25, 0.3) is 0 Å². The largest absolute Gasteiger partial charge is 0.496 e. The summed E-state index contributed by atoms with van der Waals surface area (Å²) in [6.07, 6.45) is 0.803. The number of hydrogen-bond acceptors (Lipinski definition) is 5. The fourth-order valence-electron chi connectivity index (χ4n) is 2.55. The van der Waals surface area contributed by atoms with Crippen LogP contribution in [0, 0.1) is 0 Å². The zero-order chi connectivity index (χ0) is 18.4. The second kappa shape index (κ2) is 8.28. The molecule has 25 heavy (non-hydrogen) atoms. The van der Waals surface area contributed by atoms with Gasteiger partial charge in [0.25, 0.3) is 5.91 Å². The van der Waals surface area contributed by atoms with Crippen LogP contribution in [-0.4, -0.2) is 34.3 Å². The Hall–Kier alpha value is -2.89. The van der Waals surface area contributed by atoms with E-state index in [0.717, 1.165) is 17.7 Å². The minimum Gasteiger partial charge on any atom is -0.496 e. The Labute approximate surface area is 147 Å². The van der Waals surface area contributed by atoms with Gasteiger partial charge in [0.1, 0.15) is 5.75 Å². The van der Waals surface area contributed by atoms with E-state index in [-0.39, 0.29) is 5.91 Å². The standard InChI is InChI=1S/C19H23NO5/c1-6-12-9-14(7-8-15(12)22-2)20-19(21)13-10-16(23-3)18(25-5)17(11-13)24-4/h7-11H,6H2,1-5H3,(H,20,21). The molecule has 6 heteroatoms. The van der Waals surface area contributed by atoms with Crippen LogP contribution in [0.4, 0.5) is 5.69 Å². The highest BCUT2D eigenvalue weighted by Crippen LogP contribution is 2.38. The first-order valence-electron chi connectivity index (χ1n) is 7.86. The molecule has 0 heterocycles. The summed E-state index contributed by atoms with van der Waals surface area (Å²) in [7, 11) is 6.17. The van der Waals surface area contributed by atoms with Gasteiger partial charge in [0.15, 0.2) is 11.5 Å². The third-order valence-electron chi connectivity index (χ3n) is 3.85. The number of methoxy groups -OCH3 is 4. The van der Waals surface area contributed by atoms with E-state index in [1.54, 1.807) is 25.3 Å². The van der Waals surface area contributed by atoms with Crippen molar-refractivity contribution in [3.63, 3.8) is 0 Å². The first-order chi connectivity index (χ1) is 12.1. The van der Waals surface area contributed by atoms with E-state index in [0.29, 0.717) is 28.5 Å². The molecule has 0 aliphatic carbocycles. The van der Waals surface area contributed by atoms with E-state index in [1.165, 1.54) is 21.3 Å². The van der Waals surface area contributed by atoms with Gasteiger partial charge in [0, 0.05) is 11.3 Å². The SMILES string of the molecule is CCc1cc(NC(=O)c2cc(OC)c(OC)c(OC)c2)ccc1OC. The number of hydrogen-bond donors (Lipinski definition) is 1. The molecule has 0 saturated heterocycles. The summed E-state index contributed by atoms with van der Waals surface area (Å²) < 4.78 is 21.1. The molecule has 0 aliphatic heterocycles. The zero-order valence-electron chi connectivity index (χ0n) is 15.1. The van der Waals surface area contributed by atoms with Crippen molar-refractivity contribution in [1.29, 1.82) is 0 Å². The van der Waals surface area contributed by atoms with Gasteiger partial charge in [-0.2, -0.15) is 0 Å². The number of benzene rings is 2. The van der Waals surface area contributed by atoms with Crippen molar-refractivity contribution in [3.05, 3.63) is 41.5 Å². The molecule has 0 saturated carbocycles. The lowest BCUT2D eigenvalue weighted by Crippen LogP contribution is -2.13. The van der Waals surface area contributed by atoms with Gasteiger partial charge in [-0.1, -0.05) is 6.92 Å². The molecule has 0 bridgehead atoms. The summed E-state index contributed by atoms with van der Waals surface area (Å²) in [5, 5.41) is 2.88. The summed E-state index contributed by atoms with van der Waals surface area (Å²) in [4.78, 5) is 12.6. The lowest BCUT2D eigenvalue weighted by Gasteiger charge is -2.14. The fourth-order valence-corrected chi connectivity index (χ4v) is 2.55. The number of carbonyl (C=O) groups is 1. The van der Waals surface area contributed by atoms with Gasteiger partial charge in [-0.3, -0.25) is 4.79 Å². The maximum Gasteiger partial charge on any atom is 0.255 e. The van der Waals surface area contributed by atoms with Crippen LogP contribution in [0.2, 0.25) is 0 Å². The molecule has 2 aromatic rings. The highest BCUT2D eigenvalue weighted by molar-refractivity contribution is 6.05. The van der Waals surface area contributed by atoms with Gasteiger partial charge >= 0.3 is 0 Å². The fraction of sp³-hybridized carbons (Fsp3) is 0.316. The average molecular weight is 345 g/mol. The molecule has 0 radical (unpaired) electrons. The smallest absolute Gasteiger partial charge is 0.255 e. The normalized spacial score (nSPS) is 10.1. The van der Waals surface area contributed by atoms with Gasteiger partial charge < -0.3 is 24.3 Å².